The summed E-state index contributed by atoms with van der Waals surface area (Å²) >= 11 is 0. The van der Waals surface area contributed by atoms with E-state index < -0.39 is 33.4 Å². The number of amides is 1. The predicted octanol–water partition coefficient (Wildman–Crippen LogP) is 4.13. The van der Waals surface area contributed by atoms with Gasteiger partial charge in [0.1, 0.15) is 5.82 Å². The highest BCUT2D eigenvalue weighted by Crippen LogP contribution is 2.30. The van der Waals surface area contributed by atoms with Crippen LogP contribution in [0.15, 0.2) is 54.6 Å². The average molecular weight is 510 g/mol. The number of aromatic nitrogens is 2. The molecule has 0 radical (unpaired) electrons. The fourth-order valence-electron chi connectivity index (χ4n) is 3.53. The van der Waals surface area contributed by atoms with Crippen molar-refractivity contribution in [3.63, 3.8) is 0 Å². The highest BCUT2D eigenvalue weighted by Gasteiger charge is 2.38. The number of alkyl halides is 3. The minimum atomic E-state index is -4.85. The number of halogens is 3. The van der Waals surface area contributed by atoms with Crippen LogP contribution < -0.4 is 15.8 Å². The van der Waals surface area contributed by atoms with Crippen LogP contribution in [-0.4, -0.2) is 36.0 Å². The van der Waals surface area contributed by atoms with Crippen LogP contribution in [0.4, 0.5) is 24.7 Å². The molecular weight excluding hydrogens is 483 g/mol. The van der Waals surface area contributed by atoms with E-state index in [-0.39, 0.29) is 0 Å². The predicted molar refractivity (Wildman–Crippen MR) is 128 cm³/mol. The molecule has 3 aromatic rings. The number of nitrogens with zero attached hydrogens (tertiary/aromatic N) is 2. The summed E-state index contributed by atoms with van der Waals surface area (Å²) in [6.45, 7) is 5.44. The maximum Gasteiger partial charge on any atom is 0.404 e. The lowest BCUT2D eigenvalue weighted by Crippen LogP contribution is -2.44. The van der Waals surface area contributed by atoms with Gasteiger partial charge in [0.25, 0.3) is 0 Å². The Hall–Kier alpha value is -3.38. The Labute approximate surface area is 201 Å². The third-order valence-electron chi connectivity index (χ3n) is 5.17. The van der Waals surface area contributed by atoms with Crippen LogP contribution in [0.2, 0.25) is 0 Å². The zero-order valence-corrected chi connectivity index (χ0v) is 20.2. The van der Waals surface area contributed by atoms with E-state index in [9.17, 15) is 26.4 Å². The summed E-state index contributed by atoms with van der Waals surface area (Å²) in [6.07, 6.45) is -4.85. The molecule has 8 nitrogen and oxygen atoms in total. The fourth-order valence-corrected chi connectivity index (χ4v) is 4.93. The van der Waals surface area contributed by atoms with Gasteiger partial charge in [-0.25, -0.2) is 17.8 Å². The van der Waals surface area contributed by atoms with Gasteiger partial charge in [0, 0.05) is 29.4 Å². The number of primary amides is 1. The smallest absolute Gasteiger partial charge is 0.366 e. The molecule has 0 saturated heterocycles. The van der Waals surface area contributed by atoms with E-state index in [1.54, 1.807) is 59.3 Å². The third-order valence-corrected chi connectivity index (χ3v) is 6.69. The number of nitrogens with two attached hydrogens (primary N) is 1. The van der Waals surface area contributed by atoms with Crippen LogP contribution >= 0.6 is 0 Å². The molecule has 2 aromatic carbocycles. The van der Waals surface area contributed by atoms with Crippen molar-refractivity contribution < 1.29 is 26.4 Å². The molecule has 1 amide bonds. The molecule has 0 spiro atoms. The first-order chi connectivity index (χ1) is 16.2. The van der Waals surface area contributed by atoms with Crippen molar-refractivity contribution in [1.29, 1.82) is 0 Å². The fraction of sp³-hybridized carbons (Fsp3) is 0.304. The summed E-state index contributed by atoms with van der Waals surface area (Å²) in [5.74, 6) is -1.81. The van der Waals surface area contributed by atoms with Gasteiger partial charge >= 0.3 is 6.18 Å². The van der Waals surface area contributed by atoms with Crippen LogP contribution in [0.1, 0.15) is 36.7 Å². The number of hydrogen-bond donors (Lipinski definition) is 3. The first-order valence-corrected chi connectivity index (χ1v) is 12.3. The Morgan fingerprint density at radius 1 is 1.09 bits per heavy atom. The number of rotatable bonds is 9. The first-order valence-electron chi connectivity index (χ1n) is 10.6. The van der Waals surface area contributed by atoms with Gasteiger partial charge in [0.2, 0.25) is 15.9 Å². The Kier molecular flexibility index (Phi) is 7.27. The minimum Gasteiger partial charge on any atom is -0.366 e. The molecule has 0 atom stereocenters. The second kappa shape index (κ2) is 9.70. The van der Waals surface area contributed by atoms with Crippen molar-refractivity contribution in [3.05, 3.63) is 65.7 Å². The number of nitrogens with one attached hydrogen (secondary N) is 2. The monoisotopic (exact) mass is 509 g/mol. The van der Waals surface area contributed by atoms with Gasteiger partial charge in [-0.1, -0.05) is 18.2 Å². The van der Waals surface area contributed by atoms with Gasteiger partial charge in [-0.3, -0.25) is 4.79 Å². The van der Waals surface area contributed by atoms with Crippen molar-refractivity contribution in [1.82, 2.24) is 14.5 Å². The summed E-state index contributed by atoms with van der Waals surface area (Å²) in [5.41, 5.74) is 6.79. The average Bonchev–Trinajstić information content (AvgIpc) is 3.14. The molecule has 0 aliphatic carbocycles. The van der Waals surface area contributed by atoms with E-state index in [0.29, 0.717) is 40.4 Å². The number of benzene rings is 2. The van der Waals surface area contributed by atoms with Crippen molar-refractivity contribution in [2.45, 2.75) is 39.0 Å². The molecule has 0 saturated carbocycles. The molecule has 12 heteroatoms. The number of carbonyl (C=O) groups excluding carboxylic acids is 1. The Morgan fingerprint density at radius 3 is 2.31 bits per heavy atom. The van der Waals surface area contributed by atoms with Crippen molar-refractivity contribution >= 4 is 27.4 Å². The lowest BCUT2D eigenvalue weighted by molar-refractivity contribution is -0.106. The quantitative estimate of drug-likeness (QED) is 0.401. The van der Waals surface area contributed by atoms with Crippen molar-refractivity contribution in [2.24, 2.45) is 5.73 Å². The molecular formula is C23H26F3N5O3S. The van der Waals surface area contributed by atoms with Gasteiger partial charge in [-0.05, 0) is 56.7 Å². The molecule has 188 valence electrons. The minimum absolute atomic E-state index is 0.380. The number of sulfonamides is 1. The molecule has 4 N–H and O–H groups in total. The van der Waals surface area contributed by atoms with Crippen molar-refractivity contribution in [2.75, 3.05) is 11.1 Å². The number of hydrogen-bond acceptors (Lipinski definition) is 5. The molecule has 1 aromatic heterocycles. The molecule has 35 heavy (non-hydrogen) atoms. The molecule has 0 bridgehead atoms. The van der Waals surface area contributed by atoms with Crippen LogP contribution in [0.3, 0.4) is 0 Å². The van der Waals surface area contributed by atoms with Crippen LogP contribution in [0.25, 0.3) is 11.3 Å². The SMILES string of the molecule is CCn1nc(-c2cccc(C(C)(C)NS(=O)(=O)CC(F)(F)F)c2)cc1Nc1ccc(C(N)=O)cc1. The third kappa shape index (κ3) is 6.83. The summed E-state index contributed by atoms with van der Waals surface area (Å²) in [5, 5.41) is 7.81. The number of carbonyl (C=O) groups is 1. The Morgan fingerprint density at radius 2 is 1.74 bits per heavy atom. The van der Waals surface area contributed by atoms with Gasteiger partial charge < -0.3 is 11.1 Å². The van der Waals surface area contributed by atoms with E-state index in [0.717, 1.165) is 0 Å². The summed E-state index contributed by atoms with van der Waals surface area (Å²) in [4.78, 5) is 11.3. The highest BCUT2D eigenvalue weighted by molar-refractivity contribution is 7.89. The van der Waals surface area contributed by atoms with E-state index in [1.807, 2.05) is 6.92 Å². The summed E-state index contributed by atoms with van der Waals surface area (Å²) < 4.78 is 65.8. The largest absolute Gasteiger partial charge is 0.404 e. The topological polar surface area (TPSA) is 119 Å². The van der Waals surface area contributed by atoms with E-state index in [2.05, 4.69) is 15.1 Å². The van der Waals surface area contributed by atoms with E-state index in [4.69, 9.17) is 5.73 Å². The molecule has 0 fully saturated rings. The zero-order chi connectivity index (χ0) is 26.0. The second-order valence-corrected chi connectivity index (χ2v) is 10.2. The molecule has 0 aliphatic rings. The number of aryl methyl sites for hydroxylation is 1. The van der Waals surface area contributed by atoms with Gasteiger partial charge in [-0.15, -0.1) is 0 Å². The Balaban J connectivity index is 1.87. The van der Waals surface area contributed by atoms with Crippen molar-refractivity contribution in [3.8, 4) is 11.3 Å². The van der Waals surface area contributed by atoms with Crippen LogP contribution in [0.5, 0.6) is 0 Å². The second-order valence-electron chi connectivity index (χ2n) is 8.48. The highest BCUT2D eigenvalue weighted by atomic mass is 32.2. The molecule has 0 aliphatic heterocycles. The van der Waals surface area contributed by atoms with Crippen LogP contribution in [0, 0.1) is 0 Å². The lowest BCUT2D eigenvalue weighted by atomic mass is 9.93. The summed E-state index contributed by atoms with van der Waals surface area (Å²) in [7, 11) is -4.61. The first kappa shape index (κ1) is 26.2. The molecule has 1 heterocycles. The van der Waals surface area contributed by atoms with Gasteiger partial charge in [0.05, 0.1) is 11.2 Å². The lowest BCUT2D eigenvalue weighted by Gasteiger charge is -2.27. The number of anilines is 2. The van der Waals surface area contributed by atoms with E-state index in [1.165, 1.54) is 13.8 Å². The molecule has 3 rings (SSSR count). The maximum atomic E-state index is 12.6. The normalized spacial score (nSPS) is 12.5. The Bertz CT molecular complexity index is 1320. The van der Waals surface area contributed by atoms with Crippen LogP contribution in [-0.2, 0) is 22.1 Å². The summed E-state index contributed by atoms with van der Waals surface area (Å²) in [6, 6.07) is 15.2. The van der Waals surface area contributed by atoms with Gasteiger partial charge in [0.15, 0.2) is 5.75 Å². The van der Waals surface area contributed by atoms with E-state index >= 15 is 0 Å². The molecule has 0 unspecified atom stereocenters. The van der Waals surface area contributed by atoms with Gasteiger partial charge in [-0.2, -0.15) is 18.3 Å². The zero-order valence-electron chi connectivity index (χ0n) is 19.3. The standard InChI is InChI=1S/C23H26F3N5O3S/c1-4-31-20(28-18-10-8-15(9-11-18)21(27)32)13-19(29-31)16-6-5-7-17(12-16)22(2,3)30-35(33,34)14-23(24,25)26/h5-13,28,30H,4,14H2,1-3H3,(H2,27,32). The maximum absolute atomic E-state index is 12.6.